The summed E-state index contributed by atoms with van der Waals surface area (Å²) in [6, 6.07) is 10.3. The first kappa shape index (κ1) is 20.8. The maximum atomic E-state index is 12.6. The second-order valence-corrected chi connectivity index (χ2v) is 8.43. The third-order valence-electron chi connectivity index (χ3n) is 4.69. The summed E-state index contributed by atoms with van der Waals surface area (Å²) < 4.78 is 36.5. The summed E-state index contributed by atoms with van der Waals surface area (Å²) >= 11 is 0. The lowest BCUT2D eigenvalue weighted by molar-refractivity contribution is 0.0600. The van der Waals surface area contributed by atoms with Gasteiger partial charge in [-0.2, -0.15) is 4.31 Å². The number of sulfonamides is 1. The fraction of sp³-hybridized carbons (Fsp3) is 0.300. The molecule has 1 aliphatic rings. The van der Waals surface area contributed by atoms with Gasteiger partial charge in [0.05, 0.1) is 30.4 Å². The van der Waals surface area contributed by atoms with Gasteiger partial charge in [-0.25, -0.2) is 13.2 Å². The van der Waals surface area contributed by atoms with Crippen LogP contribution in [-0.2, 0) is 14.8 Å². The highest BCUT2D eigenvalue weighted by molar-refractivity contribution is 7.89. The zero-order valence-corrected chi connectivity index (χ0v) is 17.0. The zero-order valence-electron chi connectivity index (χ0n) is 16.2. The molecule has 0 spiro atoms. The molecule has 1 aliphatic heterocycles. The number of nitrogens with zero attached hydrogens (tertiary/aromatic N) is 1. The number of methoxy groups -OCH3 is 2. The molecule has 0 atom stereocenters. The van der Waals surface area contributed by atoms with Gasteiger partial charge < -0.3 is 14.8 Å². The highest BCUT2D eigenvalue weighted by Crippen LogP contribution is 2.27. The van der Waals surface area contributed by atoms with E-state index in [0.717, 1.165) is 12.8 Å². The molecule has 29 heavy (non-hydrogen) atoms. The van der Waals surface area contributed by atoms with Crippen molar-refractivity contribution in [1.29, 1.82) is 0 Å². The number of hydrogen-bond acceptors (Lipinski definition) is 6. The molecule has 0 radical (unpaired) electrons. The highest BCUT2D eigenvalue weighted by Gasteiger charge is 2.27. The maximum absolute atomic E-state index is 12.6. The van der Waals surface area contributed by atoms with Crippen molar-refractivity contribution >= 4 is 27.6 Å². The Morgan fingerprint density at radius 3 is 2.17 bits per heavy atom. The lowest BCUT2D eigenvalue weighted by Crippen LogP contribution is -2.27. The summed E-state index contributed by atoms with van der Waals surface area (Å²) in [4.78, 5) is 24.5. The second kappa shape index (κ2) is 8.62. The molecule has 3 rings (SSSR count). The van der Waals surface area contributed by atoms with E-state index >= 15 is 0 Å². The molecule has 0 aliphatic carbocycles. The molecule has 0 saturated carbocycles. The lowest BCUT2D eigenvalue weighted by Gasteiger charge is -2.15. The predicted octanol–water partition coefficient (Wildman–Crippen LogP) is 2.52. The summed E-state index contributed by atoms with van der Waals surface area (Å²) in [7, 11) is -0.827. The van der Waals surface area contributed by atoms with Gasteiger partial charge in [0.15, 0.2) is 0 Å². The van der Waals surface area contributed by atoms with E-state index in [4.69, 9.17) is 4.74 Å². The Balaban J connectivity index is 1.80. The number of anilines is 1. The molecule has 1 heterocycles. The summed E-state index contributed by atoms with van der Waals surface area (Å²) in [5.74, 6) is -0.630. The van der Waals surface area contributed by atoms with E-state index in [-0.39, 0.29) is 16.0 Å². The normalized spacial score (nSPS) is 14.4. The maximum Gasteiger partial charge on any atom is 0.337 e. The van der Waals surface area contributed by atoms with Crippen LogP contribution in [0.5, 0.6) is 5.75 Å². The quantitative estimate of drug-likeness (QED) is 0.724. The molecule has 1 N–H and O–H groups in total. The smallest absolute Gasteiger partial charge is 0.337 e. The van der Waals surface area contributed by atoms with Gasteiger partial charge in [0.1, 0.15) is 5.75 Å². The molecular weight excluding hydrogens is 396 g/mol. The van der Waals surface area contributed by atoms with Gasteiger partial charge in [-0.05, 0) is 55.3 Å². The fourth-order valence-electron chi connectivity index (χ4n) is 3.10. The van der Waals surface area contributed by atoms with Crippen molar-refractivity contribution < 1.29 is 27.5 Å². The molecule has 0 bridgehead atoms. The Morgan fingerprint density at radius 1 is 0.966 bits per heavy atom. The molecule has 9 heteroatoms. The van der Waals surface area contributed by atoms with Crippen molar-refractivity contribution in [3.05, 3.63) is 53.6 Å². The van der Waals surface area contributed by atoms with Crippen molar-refractivity contribution in [2.75, 3.05) is 32.6 Å². The molecule has 0 unspecified atom stereocenters. The van der Waals surface area contributed by atoms with E-state index in [9.17, 15) is 18.0 Å². The third-order valence-corrected chi connectivity index (χ3v) is 6.60. The van der Waals surface area contributed by atoms with Gasteiger partial charge in [-0.3, -0.25) is 4.79 Å². The number of benzene rings is 2. The Labute approximate surface area is 169 Å². The van der Waals surface area contributed by atoms with E-state index < -0.39 is 21.9 Å². The number of carbonyl (C=O) groups excluding carboxylic acids is 2. The number of rotatable bonds is 6. The van der Waals surface area contributed by atoms with Crippen LogP contribution in [0.25, 0.3) is 0 Å². The Morgan fingerprint density at radius 2 is 1.59 bits per heavy atom. The molecule has 0 aromatic heterocycles. The minimum absolute atomic E-state index is 0.154. The molecule has 1 saturated heterocycles. The van der Waals surface area contributed by atoms with Crippen LogP contribution >= 0.6 is 0 Å². The van der Waals surface area contributed by atoms with Gasteiger partial charge in [0.2, 0.25) is 10.0 Å². The molecule has 154 valence electrons. The number of esters is 1. The van der Waals surface area contributed by atoms with Crippen molar-refractivity contribution in [3.8, 4) is 5.75 Å². The third kappa shape index (κ3) is 4.41. The number of hydrogen-bond donors (Lipinski definition) is 1. The number of amides is 1. The topological polar surface area (TPSA) is 102 Å². The van der Waals surface area contributed by atoms with E-state index in [0.29, 0.717) is 24.5 Å². The van der Waals surface area contributed by atoms with Crippen LogP contribution in [0.2, 0.25) is 0 Å². The Kier molecular flexibility index (Phi) is 6.19. The second-order valence-electron chi connectivity index (χ2n) is 6.50. The standard InChI is InChI=1S/C20H22N2O6S/c1-27-18-10-7-15(20(24)28-2)13-17(18)21-19(23)14-5-8-16(9-6-14)29(25,26)22-11-3-4-12-22/h5-10,13H,3-4,11-12H2,1-2H3,(H,21,23). The minimum Gasteiger partial charge on any atom is -0.495 e. The van der Waals surface area contributed by atoms with E-state index in [1.807, 2.05) is 0 Å². The average molecular weight is 418 g/mol. The fourth-order valence-corrected chi connectivity index (χ4v) is 4.62. The van der Waals surface area contributed by atoms with Gasteiger partial charge in [-0.15, -0.1) is 0 Å². The van der Waals surface area contributed by atoms with Gasteiger partial charge in [-0.1, -0.05) is 0 Å². The molecule has 8 nitrogen and oxygen atoms in total. The van der Waals surface area contributed by atoms with Crippen molar-refractivity contribution in [1.82, 2.24) is 4.31 Å². The van der Waals surface area contributed by atoms with Gasteiger partial charge in [0, 0.05) is 18.7 Å². The van der Waals surface area contributed by atoms with E-state index in [1.54, 1.807) is 6.07 Å². The summed E-state index contributed by atoms with van der Waals surface area (Å²) in [6.07, 6.45) is 1.71. The van der Waals surface area contributed by atoms with E-state index in [2.05, 4.69) is 10.1 Å². The summed E-state index contributed by atoms with van der Waals surface area (Å²) in [5.41, 5.74) is 0.834. The molecule has 2 aromatic rings. The van der Waals surface area contributed by atoms with E-state index in [1.165, 1.54) is 54.9 Å². The molecule has 2 aromatic carbocycles. The Hall–Kier alpha value is -2.91. The van der Waals surface area contributed by atoms with Crippen LogP contribution in [-0.4, -0.2) is 51.9 Å². The molecular formula is C20H22N2O6S. The average Bonchev–Trinajstić information content (AvgIpc) is 3.29. The SMILES string of the molecule is COC(=O)c1ccc(OC)c(NC(=O)c2ccc(S(=O)(=O)N3CCCC3)cc2)c1. The highest BCUT2D eigenvalue weighted by atomic mass is 32.2. The molecule has 1 amide bonds. The van der Waals surface area contributed by atoms with Crippen molar-refractivity contribution in [3.63, 3.8) is 0 Å². The largest absolute Gasteiger partial charge is 0.495 e. The van der Waals surface area contributed by atoms with Crippen LogP contribution in [0.15, 0.2) is 47.4 Å². The lowest BCUT2D eigenvalue weighted by atomic mass is 10.1. The van der Waals surface area contributed by atoms with Crippen molar-refractivity contribution in [2.45, 2.75) is 17.7 Å². The number of nitrogens with one attached hydrogen (secondary N) is 1. The van der Waals surface area contributed by atoms with Gasteiger partial charge >= 0.3 is 5.97 Å². The van der Waals surface area contributed by atoms with Crippen LogP contribution < -0.4 is 10.1 Å². The van der Waals surface area contributed by atoms with Crippen LogP contribution in [0, 0.1) is 0 Å². The first-order valence-electron chi connectivity index (χ1n) is 9.04. The van der Waals surface area contributed by atoms with Crippen LogP contribution in [0.4, 0.5) is 5.69 Å². The first-order valence-corrected chi connectivity index (χ1v) is 10.5. The zero-order chi connectivity index (χ0) is 21.0. The minimum atomic E-state index is -3.54. The van der Waals surface area contributed by atoms with Crippen LogP contribution in [0.3, 0.4) is 0 Å². The predicted molar refractivity (Wildman–Crippen MR) is 107 cm³/mol. The monoisotopic (exact) mass is 418 g/mol. The van der Waals surface area contributed by atoms with Crippen molar-refractivity contribution in [2.24, 2.45) is 0 Å². The number of carbonyl (C=O) groups is 2. The van der Waals surface area contributed by atoms with Gasteiger partial charge in [0.25, 0.3) is 5.91 Å². The summed E-state index contributed by atoms with van der Waals surface area (Å²) in [5, 5.41) is 2.68. The number of ether oxygens (including phenoxy) is 2. The van der Waals surface area contributed by atoms with Crippen LogP contribution in [0.1, 0.15) is 33.6 Å². The molecule has 1 fully saturated rings. The summed E-state index contributed by atoms with van der Waals surface area (Å²) in [6.45, 7) is 1.03. The first-order chi connectivity index (χ1) is 13.9. The Bertz CT molecular complexity index is 1010.